The van der Waals surface area contributed by atoms with E-state index in [9.17, 15) is 23.5 Å². The molecular formula is C32H35F2N5O3. The number of aromatic hydroxyl groups is 1. The van der Waals surface area contributed by atoms with Crippen molar-refractivity contribution in [3.8, 4) is 5.75 Å². The van der Waals surface area contributed by atoms with E-state index >= 15 is 0 Å². The van der Waals surface area contributed by atoms with E-state index in [1.165, 1.54) is 10.6 Å². The summed E-state index contributed by atoms with van der Waals surface area (Å²) in [4.78, 5) is 31.8. The molecule has 42 heavy (non-hydrogen) atoms. The third-order valence-corrected chi connectivity index (χ3v) is 7.96. The second-order valence-corrected chi connectivity index (χ2v) is 10.8. The Kier molecular flexibility index (Phi) is 8.56. The Labute approximate surface area is 242 Å². The first-order chi connectivity index (χ1) is 20.1. The first-order valence-electron chi connectivity index (χ1n) is 14.0. The lowest BCUT2D eigenvalue weighted by Gasteiger charge is -2.37. The van der Waals surface area contributed by atoms with Crippen LogP contribution in [0, 0.1) is 25.5 Å². The summed E-state index contributed by atoms with van der Waals surface area (Å²) >= 11 is 0. The summed E-state index contributed by atoms with van der Waals surface area (Å²) in [6, 6.07) is 17.6. The van der Waals surface area contributed by atoms with E-state index in [4.69, 9.17) is 5.73 Å². The number of nitrogens with zero attached hydrogens (tertiary/aromatic N) is 4. The van der Waals surface area contributed by atoms with Crippen molar-refractivity contribution in [2.75, 3.05) is 31.1 Å². The molecular weight excluding hydrogens is 540 g/mol. The lowest BCUT2D eigenvalue weighted by Crippen LogP contribution is -2.51. The summed E-state index contributed by atoms with van der Waals surface area (Å²) in [5.74, 6) is -1.30. The average Bonchev–Trinajstić information content (AvgIpc) is 2.98. The van der Waals surface area contributed by atoms with Crippen LogP contribution >= 0.6 is 0 Å². The van der Waals surface area contributed by atoms with Crippen molar-refractivity contribution >= 4 is 5.69 Å². The van der Waals surface area contributed by atoms with Crippen LogP contribution in [0.15, 0.2) is 76.3 Å². The quantitative estimate of drug-likeness (QED) is 0.333. The predicted molar refractivity (Wildman–Crippen MR) is 159 cm³/mol. The maximum atomic E-state index is 14.7. The van der Waals surface area contributed by atoms with Gasteiger partial charge >= 0.3 is 5.69 Å². The van der Waals surface area contributed by atoms with Crippen molar-refractivity contribution in [1.29, 1.82) is 0 Å². The smallest absolute Gasteiger partial charge is 0.331 e. The molecule has 5 rings (SSSR count). The normalized spacial score (nSPS) is 14.7. The van der Waals surface area contributed by atoms with Crippen LogP contribution in [0.25, 0.3) is 0 Å². The van der Waals surface area contributed by atoms with E-state index in [0.717, 1.165) is 33.4 Å². The fourth-order valence-electron chi connectivity index (χ4n) is 5.55. The highest BCUT2D eigenvalue weighted by Gasteiger charge is 2.27. The minimum absolute atomic E-state index is 0.0959. The van der Waals surface area contributed by atoms with Gasteiger partial charge < -0.3 is 15.7 Å². The van der Waals surface area contributed by atoms with Gasteiger partial charge in [-0.15, -0.1) is 0 Å². The highest BCUT2D eigenvalue weighted by Crippen LogP contribution is 2.23. The molecule has 3 aromatic carbocycles. The third-order valence-electron chi connectivity index (χ3n) is 7.96. The zero-order valence-corrected chi connectivity index (χ0v) is 23.8. The summed E-state index contributed by atoms with van der Waals surface area (Å²) in [7, 11) is 0. The molecule has 1 aliphatic rings. The molecule has 0 bridgehead atoms. The molecule has 8 nitrogen and oxygen atoms in total. The SMILES string of the molecule is Cc1ccc(O)c(CN2CCN(c3c(C)n(Cc4c(F)cccc4F)c(=O)n(C[C@@H](N)c4ccccc4)c3=O)CC2)c1. The molecule has 1 saturated heterocycles. The number of nitrogens with two attached hydrogens (primary N) is 1. The van der Waals surface area contributed by atoms with Gasteiger partial charge in [0, 0.05) is 55.6 Å². The molecule has 0 radical (unpaired) electrons. The number of piperazine rings is 1. The van der Waals surface area contributed by atoms with Crippen molar-refractivity contribution in [3.63, 3.8) is 0 Å². The van der Waals surface area contributed by atoms with Crippen molar-refractivity contribution in [1.82, 2.24) is 14.0 Å². The highest BCUT2D eigenvalue weighted by molar-refractivity contribution is 5.50. The van der Waals surface area contributed by atoms with E-state index in [2.05, 4.69) is 4.90 Å². The van der Waals surface area contributed by atoms with Crippen LogP contribution < -0.4 is 21.9 Å². The molecule has 1 fully saturated rings. The molecule has 0 amide bonds. The minimum Gasteiger partial charge on any atom is -0.508 e. The number of rotatable bonds is 8. The fraction of sp³-hybridized carbons (Fsp3) is 0.312. The van der Waals surface area contributed by atoms with Gasteiger partial charge in [-0.2, -0.15) is 0 Å². The number of hydrogen-bond acceptors (Lipinski definition) is 6. The standard InChI is InChI=1S/C32H35F2N5O3/c1-21-11-12-29(40)24(17-21)18-36-13-15-37(16-14-36)30-22(2)38(19-25-26(33)9-6-10-27(25)34)32(42)39(31(30)41)20-28(35)23-7-4-3-5-8-23/h3-12,17,28,40H,13-16,18-20,35H2,1-2H3/t28-/m1/s1. The number of phenolic OH excluding ortho intramolecular Hbond substituents is 1. The predicted octanol–water partition coefficient (Wildman–Crippen LogP) is 3.68. The Bertz CT molecular complexity index is 1680. The molecule has 2 heterocycles. The van der Waals surface area contributed by atoms with Crippen LogP contribution in [0.4, 0.5) is 14.5 Å². The highest BCUT2D eigenvalue weighted by atomic mass is 19.1. The zero-order valence-electron chi connectivity index (χ0n) is 23.8. The maximum Gasteiger partial charge on any atom is 0.331 e. The topological polar surface area (TPSA) is 96.7 Å². The summed E-state index contributed by atoms with van der Waals surface area (Å²) < 4.78 is 31.7. The molecule has 1 aromatic heterocycles. The van der Waals surface area contributed by atoms with Crippen LogP contribution in [-0.4, -0.2) is 45.3 Å². The van der Waals surface area contributed by atoms with Crippen molar-refractivity contribution in [2.24, 2.45) is 5.73 Å². The number of phenols is 1. The van der Waals surface area contributed by atoms with E-state index in [1.807, 2.05) is 54.3 Å². The van der Waals surface area contributed by atoms with Gasteiger partial charge in [0.15, 0.2) is 0 Å². The van der Waals surface area contributed by atoms with Crippen molar-refractivity contribution in [2.45, 2.75) is 39.5 Å². The number of aromatic nitrogens is 2. The van der Waals surface area contributed by atoms with Gasteiger partial charge in [-0.3, -0.25) is 18.8 Å². The van der Waals surface area contributed by atoms with Gasteiger partial charge in [0.25, 0.3) is 5.56 Å². The van der Waals surface area contributed by atoms with E-state index in [1.54, 1.807) is 13.0 Å². The molecule has 0 aliphatic carbocycles. The maximum absolute atomic E-state index is 14.7. The number of benzene rings is 3. The summed E-state index contributed by atoms with van der Waals surface area (Å²) in [5.41, 5.74) is 8.29. The lowest BCUT2D eigenvalue weighted by atomic mass is 10.1. The van der Waals surface area contributed by atoms with Gasteiger partial charge in [-0.05, 0) is 37.6 Å². The molecule has 1 aliphatic heterocycles. The summed E-state index contributed by atoms with van der Waals surface area (Å²) in [6.45, 7) is 5.89. The molecule has 0 unspecified atom stereocenters. The van der Waals surface area contributed by atoms with Gasteiger partial charge in [-0.1, -0.05) is 54.1 Å². The van der Waals surface area contributed by atoms with E-state index in [0.29, 0.717) is 44.1 Å². The molecule has 3 N–H and O–H groups in total. The van der Waals surface area contributed by atoms with E-state index < -0.39 is 28.9 Å². The first kappa shape index (κ1) is 29.2. The number of halogens is 2. The Hall–Kier alpha value is -4.28. The number of hydrogen-bond donors (Lipinski definition) is 2. The number of anilines is 1. The largest absolute Gasteiger partial charge is 0.508 e. The fourth-order valence-corrected chi connectivity index (χ4v) is 5.55. The Morgan fingerprint density at radius 2 is 1.52 bits per heavy atom. The van der Waals surface area contributed by atoms with Gasteiger partial charge in [-0.25, -0.2) is 13.6 Å². The van der Waals surface area contributed by atoms with Gasteiger partial charge in [0.05, 0.1) is 13.1 Å². The Balaban J connectivity index is 1.50. The van der Waals surface area contributed by atoms with Gasteiger partial charge in [0.2, 0.25) is 0 Å². The van der Waals surface area contributed by atoms with Crippen LogP contribution in [0.3, 0.4) is 0 Å². The first-order valence-corrected chi connectivity index (χ1v) is 14.0. The molecule has 0 saturated carbocycles. The molecule has 0 spiro atoms. The van der Waals surface area contributed by atoms with Crippen LogP contribution in [-0.2, 0) is 19.6 Å². The lowest BCUT2D eigenvalue weighted by molar-refractivity contribution is 0.246. The van der Waals surface area contributed by atoms with Crippen LogP contribution in [0.2, 0.25) is 0 Å². The molecule has 220 valence electrons. The zero-order chi connectivity index (χ0) is 30.0. The van der Waals surface area contributed by atoms with Crippen LogP contribution in [0.5, 0.6) is 5.75 Å². The Morgan fingerprint density at radius 3 is 2.19 bits per heavy atom. The molecule has 10 heteroatoms. The van der Waals surface area contributed by atoms with Crippen molar-refractivity contribution in [3.05, 3.63) is 127 Å². The van der Waals surface area contributed by atoms with Crippen LogP contribution in [0.1, 0.15) is 34.0 Å². The monoisotopic (exact) mass is 575 g/mol. The minimum atomic E-state index is -0.769. The molecule has 1 atom stereocenters. The summed E-state index contributed by atoms with van der Waals surface area (Å²) in [6.07, 6.45) is 0. The molecule has 4 aromatic rings. The Morgan fingerprint density at radius 1 is 0.857 bits per heavy atom. The van der Waals surface area contributed by atoms with Crippen molar-refractivity contribution < 1.29 is 13.9 Å². The second kappa shape index (κ2) is 12.3. The van der Waals surface area contributed by atoms with Gasteiger partial charge in [0.1, 0.15) is 23.1 Å². The van der Waals surface area contributed by atoms with E-state index in [-0.39, 0.29) is 24.4 Å². The average molecular weight is 576 g/mol. The summed E-state index contributed by atoms with van der Waals surface area (Å²) in [5, 5.41) is 10.3. The second-order valence-electron chi connectivity index (χ2n) is 10.8. The third kappa shape index (κ3) is 6.00. The number of aryl methyl sites for hydroxylation is 1.